The lowest BCUT2D eigenvalue weighted by Gasteiger charge is -2.46. The van der Waals surface area contributed by atoms with E-state index in [1.807, 2.05) is 46.4 Å². The summed E-state index contributed by atoms with van der Waals surface area (Å²) in [5, 5.41) is -0.585. The minimum Gasteiger partial charge on any atom is -0.347 e. The Morgan fingerprint density at radius 3 is 1.83 bits per heavy atom. The van der Waals surface area contributed by atoms with Crippen LogP contribution in [0.3, 0.4) is 0 Å². The predicted octanol–water partition coefficient (Wildman–Crippen LogP) is 3.88. The van der Waals surface area contributed by atoms with Crippen LogP contribution in [0, 0.1) is 6.92 Å². The highest BCUT2D eigenvalue weighted by Gasteiger charge is 2.34. The molecule has 0 radical (unpaired) electrons. The van der Waals surface area contributed by atoms with Crippen molar-refractivity contribution in [2.24, 2.45) is 0 Å². The molecule has 1 aromatic heterocycles. The number of hydrogen-bond acceptors (Lipinski definition) is 5. The smallest absolute Gasteiger partial charge is 0.312 e. The zero-order valence-corrected chi connectivity index (χ0v) is 15.9. The van der Waals surface area contributed by atoms with E-state index in [2.05, 4.69) is 4.98 Å². The predicted molar refractivity (Wildman–Crippen MR) is 97.5 cm³/mol. The van der Waals surface area contributed by atoms with Gasteiger partial charge in [-0.1, -0.05) is 7.43 Å². The van der Waals surface area contributed by atoms with Gasteiger partial charge in [-0.15, -0.1) is 0 Å². The maximum absolute atomic E-state index is 11.8. The summed E-state index contributed by atoms with van der Waals surface area (Å²) >= 11 is 0. The van der Waals surface area contributed by atoms with Crippen molar-refractivity contribution < 1.29 is 17.8 Å². The van der Waals surface area contributed by atoms with Gasteiger partial charge in [-0.25, -0.2) is 4.98 Å². The number of nitrogens with zero attached hydrogens (tertiary/aromatic N) is 2. The second kappa shape index (κ2) is 6.80. The molecular weight excluding hydrogens is 328 g/mol. The van der Waals surface area contributed by atoms with Crippen molar-refractivity contribution >= 4 is 21.7 Å². The topological polar surface area (TPSA) is 87.6 Å². The van der Waals surface area contributed by atoms with Crippen molar-refractivity contribution in [3.8, 4) is 0 Å². The number of anilines is 1. The summed E-state index contributed by atoms with van der Waals surface area (Å²) in [5.74, 6) is -0.0487. The van der Waals surface area contributed by atoms with E-state index >= 15 is 0 Å². The van der Waals surface area contributed by atoms with Gasteiger partial charge < -0.3 is 4.90 Å². The molecule has 0 aliphatic rings. The number of carbonyl (C=O) groups is 1. The lowest BCUT2D eigenvalue weighted by Crippen LogP contribution is -2.53. The summed E-state index contributed by atoms with van der Waals surface area (Å²) in [6.07, 6.45) is 0. The number of aromatic nitrogens is 1. The van der Waals surface area contributed by atoms with Gasteiger partial charge in [0.2, 0.25) is 0 Å². The molecule has 0 saturated carbocycles. The minimum absolute atomic E-state index is 0. The van der Waals surface area contributed by atoms with Crippen LogP contribution in [0.15, 0.2) is 11.1 Å². The molecule has 7 heteroatoms. The molecule has 0 saturated heterocycles. The maximum atomic E-state index is 11.8. The number of hydrogen-bond donors (Lipinski definition) is 1. The van der Waals surface area contributed by atoms with Crippen molar-refractivity contribution in [3.63, 3.8) is 0 Å². The Hall–Kier alpha value is -1.47. The van der Waals surface area contributed by atoms with Crippen molar-refractivity contribution in [1.82, 2.24) is 4.98 Å². The molecule has 0 fully saturated rings. The Balaban J connectivity index is 0.00000529. The van der Waals surface area contributed by atoms with E-state index in [0.717, 1.165) is 0 Å². The molecule has 0 spiro atoms. The summed E-state index contributed by atoms with van der Waals surface area (Å²) in [6.45, 7) is 14.8. The summed E-state index contributed by atoms with van der Waals surface area (Å²) in [4.78, 5) is 17.9. The zero-order chi connectivity index (χ0) is 18.4. The fourth-order valence-corrected chi connectivity index (χ4v) is 3.82. The van der Waals surface area contributed by atoms with Crippen LogP contribution < -0.4 is 4.90 Å². The monoisotopic (exact) mass is 358 g/mol. The average molecular weight is 359 g/mol. The summed E-state index contributed by atoms with van der Waals surface area (Å²) in [6, 6.07) is 1.68. The summed E-state index contributed by atoms with van der Waals surface area (Å²) in [7, 11) is -4.61. The van der Waals surface area contributed by atoms with Crippen LogP contribution >= 0.6 is 0 Å². The van der Waals surface area contributed by atoms with E-state index in [1.165, 1.54) is 6.92 Å². The van der Waals surface area contributed by atoms with E-state index in [9.17, 15) is 17.8 Å². The van der Waals surface area contributed by atoms with Crippen molar-refractivity contribution in [2.75, 3.05) is 4.90 Å². The fourth-order valence-electron chi connectivity index (χ4n) is 3.05. The molecule has 0 amide bonds. The highest BCUT2D eigenvalue weighted by Crippen LogP contribution is 2.33. The minimum atomic E-state index is -4.61. The molecule has 0 atom stereocenters. The molecule has 1 aromatic rings. The van der Waals surface area contributed by atoms with E-state index in [4.69, 9.17) is 0 Å². The summed E-state index contributed by atoms with van der Waals surface area (Å²) in [5.41, 5.74) is -0.287. The Morgan fingerprint density at radius 2 is 1.54 bits per heavy atom. The second-order valence-corrected chi connectivity index (χ2v) is 9.02. The van der Waals surface area contributed by atoms with Crippen molar-refractivity contribution in [1.29, 1.82) is 0 Å². The van der Waals surface area contributed by atoms with Gasteiger partial charge in [0.25, 0.3) is 0 Å². The van der Waals surface area contributed by atoms with Crippen molar-refractivity contribution in [3.05, 3.63) is 17.2 Å². The normalized spacial score (nSPS) is 12.5. The molecule has 1 N–H and O–H groups in total. The molecule has 24 heavy (non-hydrogen) atoms. The quantitative estimate of drug-likeness (QED) is 0.652. The Morgan fingerprint density at radius 1 is 1.12 bits per heavy atom. The number of pyridine rings is 1. The molecule has 0 bridgehead atoms. The van der Waals surface area contributed by atoms with E-state index in [0.29, 0.717) is 11.4 Å². The molecule has 0 aliphatic heterocycles. The standard InChI is InChI=1S/C16H26N2O4S.CH4/c1-10-9-12(18(15(3,4)5)16(6,7)8)17-14(23(20,21)22)13(10)11(2)19;/h9H,1-8H3,(H,20,21,22);1H4. The zero-order valence-electron chi connectivity index (χ0n) is 15.1. The number of rotatable bonds is 3. The largest absolute Gasteiger partial charge is 0.347 e. The Kier molecular flexibility index (Phi) is 6.38. The highest BCUT2D eigenvalue weighted by molar-refractivity contribution is 7.85. The molecule has 1 rings (SSSR count). The van der Waals surface area contributed by atoms with Crippen LogP contribution in [-0.2, 0) is 10.1 Å². The van der Waals surface area contributed by atoms with Gasteiger partial charge in [-0.2, -0.15) is 8.42 Å². The fraction of sp³-hybridized carbons (Fsp3) is 0.647. The lowest BCUT2D eigenvalue weighted by molar-refractivity contribution is 0.101. The highest BCUT2D eigenvalue weighted by atomic mass is 32.2. The van der Waals surface area contributed by atoms with E-state index < -0.39 is 20.9 Å². The third-order valence-corrected chi connectivity index (χ3v) is 4.12. The molecule has 6 nitrogen and oxygen atoms in total. The molecule has 1 heterocycles. The third-order valence-electron chi connectivity index (χ3n) is 3.34. The Labute approximate surface area is 146 Å². The van der Waals surface area contributed by atoms with Crippen LogP contribution in [0.1, 0.15) is 71.8 Å². The molecule has 0 aliphatic carbocycles. The number of aryl methyl sites for hydroxylation is 1. The van der Waals surface area contributed by atoms with Crippen LogP contribution in [-0.4, -0.2) is 34.8 Å². The van der Waals surface area contributed by atoms with E-state index in [1.54, 1.807) is 13.0 Å². The van der Waals surface area contributed by atoms with Crippen LogP contribution in [0.2, 0.25) is 0 Å². The van der Waals surface area contributed by atoms with Crippen LogP contribution in [0.25, 0.3) is 0 Å². The second-order valence-electron chi connectivity index (χ2n) is 7.69. The SMILES string of the molecule is C.CC(=O)c1c(C)cc(N(C(C)(C)C)C(C)(C)C)nc1S(=O)(=O)O. The number of ketones is 1. The number of Topliss-reactive ketones (excluding diaryl/α,β-unsaturated/α-hetero) is 1. The Bertz CT molecular complexity index is 712. The van der Waals surface area contributed by atoms with Gasteiger partial charge in [0.15, 0.2) is 10.8 Å². The molecule has 0 aromatic carbocycles. The van der Waals surface area contributed by atoms with Crippen molar-refractivity contribution in [2.45, 2.75) is 78.9 Å². The van der Waals surface area contributed by atoms with E-state index in [-0.39, 0.29) is 24.1 Å². The van der Waals surface area contributed by atoms with Gasteiger partial charge in [-0.05, 0) is 67.0 Å². The van der Waals surface area contributed by atoms with Gasteiger partial charge in [0.05, 0.1) is 5.56 Å². The summed E-state index contributed by atoms with van der Waals surface area (Å²) < 4.78 is 32.9. The van der Waals surface area contributed by atoms with Gasteiger partial charge in [-0.3, -0.25) is 9.35 Å². The van der Waals surface area contributed by atoms with Crippen LogP contribution in [0.5, 0.6) is 0 Å². The first kappa shape index (κ1) is 22.5. The first-order valence-corrected chi connectivity index (χ1v) is 8.81. The maximum Gasteiger partial charge on any atom is 0.312 e. The first-order chi connectivity index (χ1) is 10.1. The van der Waals surface area contributed by atoms with Gasteiger partial charge in [0, 0.05) is 11.1 Å². The first-order valence-electron chi connectivity index (χ1n) is 7.37. The molecule has 138 valence electrons. The third kappa shape index (κ3) is 4.77. The molecule has 0 unspecified atom stereocenters. The van der Waals surface area contributed by atoms with Crippen LogP contribution in [0.4, 0.5) is 5.82 Å². The molecular formula is C17H30N2O4S. The average Bonchev–Trinajstić information content (AvgIpc) is 2.21. The lowest BCUT2D eigenvalue weighted by atomic mass is 9.95. The van der Waals surface area contributed by atoms with Gasteiger partial charge in [0.1, 0.15) is 5.82 Å². The van der Waals surface area contributed by atoms with Gasteiger partial charge >= 0.3 is 10.1 Å². The number of carbonyl (C=O) groups excluding carboxylic acids is 1.